The number of nitrogens with zero attached hydrogens (tertiary/aromatic N) is 1. The Balaban J connectivity index is 2.69. The molecule has 0 aromatic heterocycles. The smallest absolute Gasteiger partial charge is 0.128 e. The van der Waals surface area contributed by atoms with E-state index in [0.29, 0.717) is 0 Å². The van der Waals surface area contributed by atoms with E-state index in [1.54, 1.807) is 0 Å². The first kappa shape index (κ1) is 6.27. The minimum Gasteiger partial charge on any atom is -0.410 e. The van der Waals surface area contributed by atoms with Crippen LogP contribution in [-0.2, 0) is 0 Å². The van der Waals surface area contributed by atoms with Gasteiger partial charge in [-0.2, -0.15) is 0 Å². The Kier molecular flexibility index (Phi) is 4.72. The molecule has 3 heteroatoms. The summed E-state index contributed by atoms with van der Waals surface area (Å²) in [7, 11) is 0. The van der Waals surface area contributed by atoms with Gasteiger partial charge in [0, 0.05) is 6.54 Å². The normalized spacial score (nSPS) is 9.86. The van der Waals surface area contributed by atoms with Crippen molar-refractivity contribution in [3.05, 3.63) is 0 Å². The van der Waals surface area contributed by atoms with Gasteiger partial charge in [0.15, 0.2) is 0 Å². The molecule has 0 rings (SSSR count). The molecule has 42 valence electrons. The van der Waals surface area contributed by atoms with Crippen LogP contribution in [-0.4, -0.2) is 18.1 Å². The van der Waals surface area contributed by atoms with Crippen molar-refractivity contribution in [2.75, 3.05) is 6.54 Å². The molecule has 7 heavy (non-hydrogen) atoms. The predicted octanol–water partition coefficient (Wildman–Crippen LogP) is 0.403. The van der Waals surface area contributed by atoms with Gasteiger partial charge >= 0.3 is 0 Å². The van der Waals surface area contributed by atoms with Crippen LogP contribution in [0.3, 0.4) is 0 Å². The van der Waals surface area contributed by atoms with Crippen LogP contribution < -0.4 is 5.32 Å². The SMILES string of the molecule is CCCNC=NO. The maximum absolute atomic E-state index is 7.80. The molecule has 0 aliphatic rings. The molecule has 3 nitrogen and oxygen atoms in total. The van der Waals surface area contributed by atoms with Gasteiger partial charge in [-0.1, -0.05) is 12.1 Å². The Morgan fingerprint density at radius 2 is 2.57 bits per heavy atom. The third-order valence-electron chi connectivity index (χ3n) is 0.543. The highest BCUT2D eigenvalue weighted by Gasteiger charge is 1.70. The van der Waals surface area contributed by atoms with Crippen molar-refractivity contribution in [1.82, 2.24) is 5.32 Å². The number of hydrogen-bond donors (Lipinski definition) is 2. The fourth-order valence-corrected chi connectivity index (χ4v) is 0.250. The van der Waals surface area contributed by atoms with E-state index < -0.39 is 0 Å². The largest absolute Gasteiger partial charge is 0.410 e. The molecule has 0 saturated carbocycles. The third-order valence-corrected chi connectivity index (χ3v) is 0.543. The zero-order valence-electron chi connectivity index (χ0n) is 4.39. The van der Waals surface area contributed by atoms with Crippen molar-refractivity contribution < 1.29 is 5.21 Å². The van der Waals surface area contributed by atoms with Crippen molar-refractivity contribution in [2.24, 2.45) is 5.16 Å². The Morgan fingerprint density at radius 3 is 3.00 bits per heavy atom. The van der Waals surface area contributed by atoms with Gasteiger partial charge in [-0.05, 0) is 6.42 Å². The predicted molar refractivity (Wildman–Crippen MR) is 28.6 cm³/mol. The summed E-state index contributed by atoms with van der Waals surface area (Å²) in [4.78, 5) is 0. The summed E-state index contributed by atoms with van der Waals surface area (Å²) in [6.07, 6.45) is 2.32. The Morgan fingerprint density at radius 1 is 1.86 bits per heavy atom. The molecular formula is C4H10N2O. The highest BCUT2D eigenvalue weighted by Crippen LogP contribution is 1.64. The van der Waals surface area contributed by atoms with Gasteiger partial charge in [0.05, 0.1) is 0 Å². The number of oxime groups is 1. The molecule has 0 aromatic carbocycles. The number of rotatable bonds is 3. The van der Waals surface area contributed by atoms with Gasteiger partial charge in [0.1, 0.15) is 6.34 Å². The van der Waals surface area contributed by atoms with Crippen LogP contribution in [0.1, 0.15) is 13.3 Å². The average molecular weight is 102 g/mol. The first-order valence-electron chi connectivity index (χ1n) is 2.31. The molecule has 0 aliphatic carbocycles. The molecule has 0 heterocycles. The van der Waals surface area contributed by atoms with Gasteiger partial charge in [0.25, 0.3) is 0 Å². The van der Waals surface area contributed by atoms with Crippen molar-refractivity contribution in [3.63, 3.8) is 0 Å². The minimum atomic E-state index is 0.865. The standard InChI is InChI=1S/C4H10N2O/c1-2-3-5-4-6-7/h4,7H,2-3H2,1H3,(H,5,6). The van der Waals surface area contributed by atoms with E-state index in [0.717, 1.165) is 13.0 Å². The van der Waals surface area contributed by atoms with E-state index in [4.69, 9.17) is 5.21 Å². The maximum atomic E-state index is 7.80. The van der Waals surface area contributed by atoms with Gasteiger partial charge in [0.2, 0.25) is 0 Å². The van der Waals surface area contributed by atoms with E-state index in [1.165, 1.54) is 6.34 Å². The lowest BCUT2D eigenvalue weighted by atomic mass is 10.5. The van der Waals surface area contributed by atoms with E-state index >= 15 is 0 Å². The van der Waals surface area contributed by atoms with Crippen molar-refractivity contribution >= 4 is 6.34 Å². The van der Waals surface area contributed by atoms with Gasteiger partial charge in [-0.15, -0.1) is 0 Å². The summed E-state index contributed by atoms with van der Waals surface area (Å²) in [5.41, 5.74) is 0. The molecule has 0 fully saturated rings. The van der Waals surface area contributed by atoms with Crippen LogP contribution in [0, 0.1) is 0 Å². The molecular weight excluding hydrogens is 92.1 g/mol. The van der Waals surface area contributed by atoms with Crippen molar-refractivity contribution in [1.29, 1.82) is 0 Å². The third kappa shape index (κ3) is 5.27. The Hall–Kier alpha value is -0.730. The van der Waals surface area contributed by atoms with Crippen molar-refractivity contribution in [3.8, 4) is 0 Å². The van der Waals surface area contributed by atoms with Crippen LogP contribution in [0.15, 0.2) is 5.16 Å². The molecule has 0 radical (unpaired) electrons. The fourth-order valence-electron chi connectivity index (χ4n) is 0.250. The molecule has 0 unspecified atom stereocenters. The second-order valence-electron chi connectivity index (χ2n) is 1.20. The fraction of sp³-hybridized carbons (Fsp3) is 0.750. The summed E-state index contributed by atoms with van der Waals surface area (Å²) in [5.74, 6) is 0. The van der Waals surface area contributed by atoms with E-state index in [2.05, 4.69) is 10.5 Å². The highest BCUT2D eigenvalue weighted by atomic mass is 16.4. The van der Waals surface area contributed by atoms with Gasteiger partial charge < -0.3 is 10.5 Å². The van der Waals surface area contributed by atoms with Crippen LogP contribution in [0.4, 0.5) is 0 Å². The quantitative estimate of drug-likeness (QED) is 0.178. The summed E-state index contributed by atoms with van der Waals surface area (Å²) in [6.45, 7) is 2.91. The summed E-state index contributed by atoms with van der Waals surface area (Å²) in [5, 5.41) is 13.3. The van der Waals surface area contributed by atoms with Crippen LogP contribution >= 0.6 is 0 Å². The minimum absolute atomic E-state index is 0.865. The molecule has 0 spiro atoms. The maximum Gasteiger partial charge on any atom is 0.128 e. The van der Waals surface area contributed by atoms with E-state index in [1.807, 2.05) is 6.92 Å². The van der Waals surface area contributed by atoms with Crippen LogP contribution in [0.2, 0.25) is 0 Å². The summed E-state index contributed by atoms with van der Waals surface area (Å²) in [6, 6.07) is 0. The average Bonchev–Trinajstić information content (AvgIpc) is 1.69. The lowest BCUT2D eigenvalue weighted by molar-refractivity contribution is 0.319. The van der Waals surface area contributed by atoms with Crippen LogP contribution in [0.25, 0.3) is 0 Å². The number of nitrogens with one attached hydrogen (secondary N) is 1. The lowest BCUT2D eigenvalue weighted by Crippen LogP contribution is -2.10. The molecule has 2 N–H and O–H groups in total. The first-order chi connectivity index (χ1) is 3.41. The van der Waals surface area contributed by atoms with Gasteiger partial charge in [-0.3, -0.25) is 0 Å². The summed E-state index contributed by atoms with van der Waals surface area (Å²) >= 11 is 0. The second-order valence-corrected chi connectivity index (χ2v) is 1.20. The topological polar surface area (TPSA) is 44.6 Å². The Labute approximate surface area is 43.0 Å². The molecule has 0 saturated heterocycles. The van der Waals surface area contributed by atoms with Crippen LogP contribution in [0.5, 0.6) is 0 Å². The van der Waals surface area contributed by atoms with Gasteiger partial charge in [-0.25, -0.2) is 0 Å². The van der Waals surface area contributed by atoms with E-state index in [-0.39, 0.29) is 0 Å². The molecule has 0 amide bonds. The molecule has 0 atom stereocenters. The zero-order chi connectivity index (χ0) is 5.54. The number of hydrogen-bond acceptors (Lipinski definition) is 2. The molecule has 0 bridgehead atoms. The first-order valence-corrected chi connectivity index (χ1v) is 2.31. The van der Waals surface area contributed by atoms with Crippen molar-refractivity contribution in [2.45, 2.75) is 13.3 Å². The zero-order valence-corrected chi connectivity index (χ0v) is 4.39. The van der Waals surface area contributed by atoms with E-state index in [9.17, 15) is 0 Å². The second kappa shape index (κ2) is 5.27. The molecule has 0 aromatic rings. The lowest BCUT2D eigenvalue weighted by Gasteiger charge is -1.89. The highest BCUT2D eigenvalue weighted by molar-refractivity contribution is 5.52. The monoisotopic (exact) mass is 102 g/mol. The Bertz CT molecular complexity index is 53.7. The molecule has 0 aliphatic heterocycles. The summed E-state index contributed by atoms with van der Waals surface area (Å²) < 4.78 is 0.